The lowest BCUT2D eigenvalue weighted by molar-refractivity contribution is -0.0911. The Hall–Kier alpha value is -3.13. The van der Waals surface area contributed by atoms with E-state index in [0.29, 0.717) is 11.1 Å². The van der Waals surface area contributed by atoms with Crippen LogP contribution < -0.4 is 10.5 Å². The fraction of sp³-hybridized carbons (Fsp3) is 0.429. The summed E-state index contributed by atoms with van der Waals surface area (Å²) in [5.74, 6) is -0.460. The van der Waals surface area contributed by atoms with Crippen molar-refractivity contribution in [1.82, 2.24) is 19.5 Å². The fourth-order valence-electron chi connectivity index (χ4n) is 4.27. The summed E-state index contributed by atoms with van der Waals surface area (Å²) < 4.78 is 47.3. The van der Waals surface area contributed by atoms with Crippen LogP contribution in [0.15, 0.2) is 30.6 Å². The topological polar surface area (TPSA) is 179 Å². The number of rotatable bonds is 6. The second-order valence-electron chi connectivity index (χ2n) is 8.36. The molecule has 3 aromatic rings. The summed E-state index contributed by atoms with van der Waals surface area (Å²) in [6.45, 7) is 1.03. The predicted octanol–water partition coefficient (Wildman–Crippen LogP) is 1.59. The Labute approximate surface area is 204 Å². The van der Waals surface area contributed by atoms with E-state index in [9.17, 15) is 14.5 Å². The first-order valence-electron chi connectivity index (χ1n) is 10.8. The third-order valence-corrected chi connectivity index (χ3v) is 7.41. The predicted molar refractivity (Wildman–Crippen MR) is 122 cm³/mol. The van der Waals surface area contributed by atoms with Crippen molar-refractivity contribution in [2.75, 3.05) is 26.6 Å². The first-order valence-corrected chi connectivity index (χ1v) is 12.3. The highest BCUT2D eigenvalue weighted by Gasteiger charge is 2.60. The van der Waals surface area contributed by atoms with Gasteiger partial charge in [-0.05, 0) is 18.6 Å². The third-order valence-electron chi connectivity index (χ3n) is 6.01. The van der Waals surface area contributed by atoms with Gasteiger partial charge in [-0.15, -0.1) is 0 Å². The number of benzene rings is 1. The van der Waals surface area contributed by atoms with Crippen LogP contribution in [0.1, 0.15) is 29.1 Å². The molecular weight excluding hydrogens is 497 g/mol. The highest BCUT2D eigenvalue weighted by atomic mass is 31.2. The zero-order valence-corrected chi connectivity index (χ0v) is 20.5. The maximum Gasteiger partial charge on any atom is 0.475 e. The monoisotopic (exact) mass is 521 g/mol. The molecule has 4 heterocycles. The molecule has 36 heavy (non-hydrogen) atoms. The van der Waals surface area contributed by atoms with Gasteiger partial charge in [0.05, 0.1) is 39.3 Å². The van der Waals surface area contributed by atoms with Gasteiger partial charge < -0.3 is 25.1 Å². The minimum Gasteiger partial charge on any atom is -0.479 e. The Morgan fingerprint density at radius 2 is 2.11 bits per heavy atom. The molecule has 0 radical (unpaired) electrons. The van der Waals surface area contributed by atoms with Crippen LogP contribution in [0.25, 0.3) is 11.2 Å². The van der Waals surface area contributed by atoms with Gasteiger partial charge in [-0.3, -0.25) is 18.1 Å². The molecule has 5 unspecified atom stereocenters. The number of hydrogen-bond donors (Lipinski definition) is 2. The van der Waals surface area contributed by atoms with Gasteiger partial charge in [0.25, 0.3) is 0 Å². The van der Waals surface area contributed by atoms with Crippen LogP contribution in [0.5, 0.6) is 5.88 Å². The van der Waals surface area contributed by atoms with E-state index in [1.165, 1.54) is 32.0 Å². The molecule has 0 aliphatic carbocycles. The van der Waals surface area contributed by atoms with Crippen molar-refractivity contribution in [2.24, 2.45) is 0 Å². The molecule has 2 aliphatic heterocycles. The Bertz CT molecular complexity index is 1360. The number of nitrogens with two attached hydrogens (primary N) is 1. The highest BCUT2D eigenvalue weighted by molar-refractivity contribution is 7.48. The molecule has 2 fully saturated rings. The highest BCUT2D eigenvalue weighted by Crippen LogP contribution is 2.59. The maximum absolute atomic E-state index is 13.3. The Morgan fingerprint density at radius 1 is 1.33 bits per heavy atom. The summed E-state index contributed by atoms with van der Waals surface area (Å²) in [4.78, 5) is 24.5. The zero-order chi connectivity index (χ0) is 25.7. The number of imidazole rings is 1. The number of carbonyl (C=O) groups is 1. The van der Waals surface area contributed by atoms with Crippen LogP contribution in [0, 0.1) is 0 Å². The average Bonchev–Trinajstić information content (AvgIpc) is 3.39. The minimum atomic E-state index is -4.14. The largest absolute Gasteiger partial charge is 0.479 e. The Morgan fingerprint density at radius 3 is 2.86 bits per heavy atom. The first kappa shape index (κ1) is 24.6. The van der Waals surface area contributed by atoms with Crippen molar-refractivity contribution in [3.63, 3.8) is 0 Å². The number of nitrogens with zero attached hydrogens (tertiary/aromatic N) is 4. The van der Waals surface area contributed by atoms with E-state index in [-0.39, 0.29) is 36.3 Å². The number of nitrogen functional groups attached to an aromatic ring is 1. The third kappa shape index (κ3) is 4.11. The van der Waals surface area contributed by atoms with Crippen LogP contribution in [0.3, 0.4) is 0 Å². The number of hydrogen-bond acceptors (Lipinski definition) is 13. The summed E-state index contributed by atoms with van der Waals surface area (Å²) in [6.07, 6.45) is -1.52. The molecule has 0 spiro atoms. The quantitative estimate of drug-likeness (QED) is 0.353. The molecule has 1 aromatic carbocycles. The van der Waals surface area contributed by atoms with Gasteiger partial charge in [0.15, 0.2) is 17.4 Å². The number of aromatic nitrogens is 4. The van der Waals surface area contributed by atoms with Crippen molar-refractivity contribution >= 4 is 30.9 Å². The summed E-state index contributed by atoms with van der Waals surface area (Å²) in [5.41, 5.74) is 5.34. The molecule has 15 heteroatoms. The SMILES string of the molecule is COC(=O)c1ccccc1COP1(=O)OCC2OC(n3cnc4c(OC)nc(N)nc43)C(C)(O)C2O1. The molecule has 192 valence electrons. The van der Waals surface area contributed by atoms with Crippen molar-refractivity contribution in [3.8, 4) is 5.88 Å². The first-order chi connectivity index (χ1) is 17.2. The summed E-state index contributed by atoms with van der Waals surface area (Å²) in [7, 11) is -1.46. The molecule has 14 nitrogen and oxygen atoms in total. The molecule has 3 N–H and O–H groups in total. The van der Waals surface area contributed by atoms with E-state index in [0.717, 1.165) is 0 Å². The normalized spacial score (nSPS) is 29.7. The summed E-state index contributed by atoms with van der Waals surface area (Å²) >= 11 is 0. The van der Waals surface area contributed by atoms with Crippen LogP contribution in [0.2, 0.25) is 0 Å². The Kier molecular flexibility index (Phi) is 6.19. The van der Waals surface area contributed by atoms with Gasteiger partial charge in [0.1, 0.15) is 17.8 Å². The number of anilines is 1. The average molecular weight is 521 g/mol. The standard InChI is InChI=1S/C21H24N5O9P/c1-21(28)15-13(34-19(21)26-10-23-14-16(26)24-20(22)25-17(14)30-2)9-33-36(29,35-15)32-8-11-6-4-5-7-12(11)18(27)31-3/h4-7,10,13,15,19,28H,8-9H2,1-3H3,(H2,22,24,25). The fourth-order valence-corrected chi connectivity index (χ4v) is 5.72. The minimum absolute atomic E-state index is 0.0547. The lowest BCUT2D eigenvalue weighted by atomic mass is 9.96. The van der Waals surface area contributed by atoms with Crippen LogP contribution in [-0.2, 0) is 34.2 Å². The van der Waals surface area contributed by atoms with E-state index in [2.05, 4.69) is 15.0 Å². The number of phosphoric ester groups is 1. The van der Waals surface area contributed by atoms with E-state index in [1.807, 2.05) is 0 Å². The van der Waals surface area contributed by atoms with E-state index in [4.69, 9.17) is 33.5 Å². The van der Waals surface area contributed by atoms with Gasteiger partial charge in [-0.1, -0.05) is 18.2 Å². The molecule has 2 aromatic heterocycles. The molecule has 0 saturated carbocycles. The van der Waals surface area contributed by atoms with Crippen LogP contribution in [-0.4, -0.2) is 69.2 Å². The van der Waals surface area contributed by atoms with Gasteiger partial charge in [-0.25, -0.2) is 14.3 Å². The number of fused-ring (bicyclic) bond motifs is 2. The molecule has 0 amide bonds. The molecule has 2 saturated heterocycles. The number of aliphatic hydroxyl groups is 1. The van der Waals surface area contributed by atoms with E-state index < -0.39 is 37.8 Å². The van der Waals surface area contributed by atoms with Crippen molar-refractivity contribution in [2.45, 2.75) is 37.6 Å². The molecule has 5 atom stereocenters. The maximum atomic E-state index is 13.3. The second kappa shape index (κ2) is 9.07. The number of ether oxygens (including phenoxy) is 3. The number of methoxy groups -OCH3 is 2. The lowest BCUT2D eigenvalue weighted by Crippen LogP contribution is -2.47. The zero-order valence-electron chi connectivity index (χ0n) is 19.6. The van der Waals surface area contributed by atoms with Crippen LogP contribution >= 0.6 is 7.82 Å². The van der Waals surface area contributed by atoms with Crippen molar-refractivity contribution in [3.05, 3.63) is 41.7 Å². The van der Waals surface area contributed by atoms with Crippen LogP contribution in [0.4, 0.5) is 5.95 Å². The van der Waals surface area contributed by atoms with E-state index in [1.54, 1.807) is 24.3 Å². The van der Waals surface area contributed by atoms with Gasteiger partial charge in [0.2, 0.25) is 11.8 Å². The summed E-state index contributed by atoms with van der Waals surface area (Å²) in [5, 5.41) is 11.4. The number of phosphoric acid groups is 1. The van der Waals surface area contributed by atoms with E-state index >= 15 is 0 Å². The molecule has 5 rings (SSSR count). The molecule has 2 aliphatic rings. The molecular formula is C21H24N5O9P. The summed E-state index contributed by atoms with van der Waals surface area (Å²) in [6, 6.07) is 6.54. The van der Waals surface area contributed by atoms with Gasteiger partial charge in [0, 0.05) is 0 Å². The van der Waals surface area contributed by atoms with Gasteiger partial charge >= 0.3 is 13.8 Å². The lowest BCUT2D eigenvalue weighted by Gasteiger charge is -2.35. The second-order valence-corrected chi connectivity index (χ2v) is 9.98. The van der Waals surface area contributed by atoms with Gasteiger partial charge in [-0.2, -0.15) is 9.97 Å². The number of esters is 1. The van der Waals surface area contributed by atoms with Crippen molar-refractivity contribution in [1.29, 1.82) is 0 Å². The number of carbonyl (C=O) groups excluding carboxylic acids is 1. The molecule has 0 bridgehead atoms. The Balaban J connectivity index is 1.38. The van der Waals surface area contributed by atoms with Crippen molar-refractivity contribution < 1.29 is 42.2 Å². The smallest absolute Gasteiger partial charge is 0.475 e.